The second-order valence-electron chi connectivity index (χ2n) is 5.68. The smallest absolute Gasteiger partial charge is 0.270 e. The van der Waals surface area contributed by atoms with Crippen molar-refractivity contribution < 1.29 is 19.1 Å². The molecule has 6 heteroatoms. The Labute approximate surface area is 128 Å². The molecule has 0 radical (unpaired) electrons. The average Bonchev–Trinajstić information content (AvgIpc) is 2.80. The number of amides is 3. The number of imide groups is 1. The number of methoxy groups -OCH3 is 1. The Morgan fingerprint density at radius 3 is 2.14 bits per heavy atom. The molecule has 0 bridgehead atoms. The summed E-state index contributed by atoms with van der Waals surface area (Å²) in [6.45, 7) is 0. The first-order valence-corrected chi connectivity index (χ1v) is 7.44. The molecule has 1 saturated carbocycles. The molecule has 22 heavy (non-hydrogen) atoms. The van der Waals surface area contributed by atoms with Crippen LogP contribution >= 0.6 is 0 Å². The number of hydrogen-bond acceptors (Lipinski definition) is 4. The van der Waals surface area contributed by atoms with Crippen LogP contribution in [0.25, 0.3) is 0 Å². The average molecular weight is 302 g/mol. The SMILES string of the molecule is COc1ccc(C(=O)NN2C(=O)[C@H]3CCCC[C@@H]3C2=O)cc1. The lowest BCUT2D eigenvalue weighted by molar-refractivity contribution is -0.142. The Bertz CT molecular complexity index is 587. The summed E-state index contributed by atoms with van der Waals surface area (Å²) in [4.78, 5) is 36.8. The fourth-order valence-corrected chi connectivity index (χ4v) is 3.18. The number of fused-ring (bicyclic) bond motifs is 1. The molecule has 1 aliphatic carbocycles. The van der Waals surface area contributed by atoms with Gasteiger partial charge in [-0.2, -0.15) is 5.01 Å². The van der Waals surface area contributed by atoms with Crippen molar-refractivity contribution >= 4 is 17.7 Å². The van der Waals surface area contributed by atoms with Gasteiger partial charge in [0.2, 0.25) is 0 Å². The lowest BCUT2D eigenvalue weighted by Crippen LogP contribution is -2.46. The van der Waals surface area contributed by atoms with E-state index in [-0.39, 0.29) is 23.7 Å². The number of rotatable bonds is 3. The zero-order valence-electron chi connectivity index (χ0n) is 12.4. The molecular formula is C16H18N2O4. The molecule has 0 spiro atoms. The van der Waals surface area contributed by atoms with Gasteiger partial charge in [0.1, 0.15) is 5.75 Å². The van der Waals surface area contributed by atoms with Crippen LogP contribution in [0.2, 0.25) is 0 Å². The number of benzene rings is 1. The van der Waals surface area contributed by atoms with Crippen molar-refractivity contribution in [2.45, 2.75) is 25.7 Å². The second-order valence-corrected chi connectivity index (χ2v) is 5.68. The van der Waals surface area contributed by atoms with Gasteiger partial charge in [-0.1, -0.05) is 12.8 Å². The van der Waals surface area contributed by atoms with E-state index in [0.717, 1.165) is 30.7 Å². The van der Waals surface area contributed by atoms with Crippen LogP contribution in [0.4, 0.5) is 0 Å². The molecule has 1 aromatic carbocycles. The predicted octanol–water partition coefficient (Wildman–Crippen LogP) is 1.52. The van der Waals surface area contributed by atoms with E-state index in [9.17, 15) is 14.4 Å². The zero-order valence-corrected chi connectivity index (χ0v) is 12.4. The molecule has 0 aromatic heterocycles. The van der Waals surface area contributed by atoms with Crippen LogP contribution in [0.15, 0.2) is 24.3 Å². The maximum atomic E-state index is 12.3. The first-order valence-electron chi connectivity index (χ1n) is 7.44. The summed E-state index contributed by atoms with van der Waals surface area (Å²) in [7, 11) is 1.54. The third-order valence-corrected chi connectivity index (χ3v) is 4.41. The van der Waals surface area contributed by atoms with Crippen LogP contribution in [0.3, 0.4) is 0 Å². The summed E-state index contributed by atoms with van der Waals surface area (Å²) < 4.78 is 5.03. The predicted molar refractivity (Wildman–Crippen MR) is 77.8 cm³/mol. The number of nitrogens with zero attached hydrogens (tertiary/aromatic N) is 1. The Kier molecular flexibility index (Phi) is 3.83. The number of carbonyl (C=O) groups excluding carboxylic acids is 3. The summed E-state index contributed by atoms with van der Waals surface area (Å²) in [5.74, 6) is -0.929. The van der Waals surface area contributed by atoms with Gasteiger partial charge in [0.05, 0.1) is 18.9 Å². The summed E-state index contributed by atoms with van der Waals surface area (Å²) in [6.07, 6.45) is 3.37. The van der Waals surface area contributed by atoms with Crippen LogP contribution in [0.5, 0.6) is 5.75 Å². The van der Waals surface area contributed by atoms with Gasteiger partial charge in [-0.25, -0.2) is 0 Å². The van der Waals surface area contributed by atoms with E-state index in [1.165, 1.54) is 0 Å². The van der Waals surface area contributed by atoms with Gasteiger partial charge >= 0.3 is 0 Å². The number of nitrogens with one attached hydrogen (secondary N) is 1. The standard InChI is InChI=1S/C16H18N2O4/c1-22-11-8-6-10(7-9-11)14(19)17-18-15(20)12-4-2-3-5-13(12)16(18)21/h6-9,12-13H,2-5H2,1H3,(H,17,19)/t12-,13-/m0/s1. The van der Waals surface area contributed by atoms with Gasteiger partial charge in [0.15, 0.2) is 0 Å². The van der Waals surface area contributed by atoms with Gasteiger partial charge in [-0.15, -0.1) is 0 Å². The van der Waals surface area contributed by atoms with Gasteiger partial charge in [0, 0.05) is 5.56 Å². The molecule has 1 saturated heterocycles. The first kappa shape index (κ1) is 14.6. The summed E-state index contributed by atoms with van der Waals surface area (Å²) >= 11 is 0. The molecule has 0 unspecified atom stereocenters. The Balaban J connectivity index is 1.73. The van der Waals surface area contributed by atoms with Crippen molar-refractivity contribution in [3.8, 4) is 5.75 Å². The molecule has 2 atom stereocenters. The quantitative estimate of drug-likeness (QED) is 0.859. The maximum Gasteiger partial charge on any atom is 0.270 e. The highest BCUT2D eigenvalue weighted by atomic mass is 16.5. The maximum absolute atomic E-state index is 12.3. The van der Waals surface area contributed by atoms with Crippen LogP contribution in [0.1, 0.15) is 36.0 Å². The summed E-state index contributed by atoms with van der Waals surface area (Å²) in [5, 5.41) is 0.910. The highest BCUT2D eigenvalue weighted by Crippen LogP contribution is 2.37. The summed E-state index contributed by atoms with van der Waals surface area (Å²) in [6, 6.07) is 6.49. The Morgan fingerprint density at radius 1 is 1.09 bits per heavy atom. The minimum atomic E-state index is -0.469. The number of hydrogen-bond donors (Lipinski definition) is 1. The van der Waals surface area contributed by atoms with Gasteiger partial charge < -0.3 is 4.74 Å². The van der Waals surface area contributed by atoms with Crippen LogP contribution in [-0.4, -0.2) is 29.8 Å². The van der Waals surface area contributed by atoms with E-state index in [1.54, 1.807) is 31.4 Å². The molecule has 1 aromatic rings. The third kappa shape index (κ3) is 2.45. The minimum absolute atomic E-state index is 0.266. The first-order chi connectivity index (χ1) is 10.6. The highest BCUT2D eigenvalue weighted by molar-refractivity contribution is 6.07. The molecule has 1 N–H and O–H groups in total. The van der Waals surface area contributed by atoms with E-state index in [2.05, 4.69) is 5.43 Å². The van der Waals surface area contributed by atoms with E-state index in [1.807, 2.05) is 0 Å². The van der Waals surface area contributed by atoms with E-state index in [0.29, 0.717) is 11.3 Å². The van der Waals surface area contributed by atoms with E-state index in [4.69, 9.17) is 4.74 Å². The molecule has 3 rings (SSSR count). The van der Waals surface area contributed by atoms with Crippen molar-refractivity contribution in [2.24, 2.45) is 11.8 Å². The molecule has 1 heterocycles. The highest BCUT2D eigenvalue weighted by Gasteiger charge is 2.49. The molecule has 6 nitrogen and oxygen atoms in total. The Morgan fingerprint density at radius 2 is 1.64 bits per heavy atom. The minimum Gasteiger partial charge on any atom is -0.497 e. The lowest BCUT2D eigenvalue weighted by Gasteiger charge is -2.19. The molecule has 116 valence electrons. The Hall–Kier alpha value is -2.37. The van der Waals surface area contributed by atoms with Gasteiger partial charge in [-0.3, -0.25) is 19.8 Å². The molecule has 3 amide bonds. The van der Waals surface area contributed by atoms with Crippen molar-refractivity contribution in [2.75, 3.05) is 7.11 Å². The molecule has 1 aliphatic heterocycles. The third-order valence-electron chi connectivity index (χ3n) is 4.41. The lowest BCUT2D eigenvalue weighted by atomic mass is 9.81. The molecule has 2 fully saturated rings. The molecular weight excluding hydrogens is 284 g/mol. The number of hydrazine groups is 1. The van der Waals surface area contributed by atoms with Crippen LogP contribution in [-0.2, 0) is 9.59 Å². The largest absolute Gasteiger partial charge is 0.497 e. The van der Waals surface area contributed by atoms with E-state index < -0.39 is 5.91 Å². The fourth-order valence-electron chi connectivity index (χ4n) is 3.18. The number of ether oxygens (including phenoxy) is 1. The number of carbonyl (C=O) groups is 3. The van der Waals surface area contributed by atoms with Crippen molar-refractivity contribution in [3.63, 3.8) is 0 Å². The topological polar surface area (TPSA) is 75.7 Å². The van der Waals surface area contributed by atoms with E-state index >= 15 is 0 Å². The zero-order chi connectivity index (χ0) is 15.7. The summed E-state index contributed by atoms with van der Waals surface area (Å²) in [5.41, 5.74) is 2.81. The fraction of sp³-hybridized carbons (Fsp3) is 0.438. The van der Waals surface area contributed by atoms with Crippen molar-refractivity contribution in [3.05, 3.63) is 29.8 Å². The second kappa shape index (κ2) is 5.79. The van der Waals surface area contributed by atoms with Crippen molar-refractivity contribution in [1.29, 1.82) is 0 Å². The monoisotopic (exact) mass is 302 g/mol. The normalized spacial score (nSPS) is 24.1. The van der Waals surface area contributed by atoms with Crippen LogP contribution in [0, 0.1) is 11.8 Å². The van der Waals surface area contributed by atoms with Crippen LogP contribution < -0.4 is 10.2 Å². The van der Waals surface area contributed by atoms with Gasteiger partial charge in [0.25, 0.3) is 17.7 Å². The van der Waals surface area contributed by atoms with Crippen molar-refractivity contribution in [1.82, 2.24) is 10.4 Å². The van der Waals surface area contributed by atoms with Gasteiger partial charge in [-0.05, 0) is 37.1 Å². The molecule has 2 aliphatic rings.